The van der Waals surface area contributed by atoms with E-state index < -0.39 is 0 Å². The third-order valence-corrected chi connectivity index (χ3v) is 3.07. The molecule has 1 fully saturated rings. The number of nitrogens with one attached hydrogen (secondary N) is 1. The highest BCUT2D eigenvalue weighted by molar-refractivity contribution is 7.99. The summed E-state index contributed by atoms with van der Waals surface area (Å²) in [6.07, 6.45) is 1.28. The van der Waals surface area contributed by atoms with Crippen molar-refractivity contribution in [3.8, 4) is 0 Å². The van der Waals surface area contributed by atoms with Crippen LogP contribution >= 0.6 is 11.8 Å². The van der Waals surface area contributed by atoms with Crippen LogP contribution in [0.3, 0.4) is 0 Å². The molecule has 0 radical (unpaired) electrons. The van der Waals surface area contributed by atoms with Gasteiger partial charge in [-0.25, -0.2) is 0 Å². The van der Waals surface area contributed by atoms with E-state index in [0.717, 1.165) is 12.1 Å². The lowest BCUT2D eigenvalue weighted by atomic mass is 10.2. The first-order valence-corrected chi connectivity index (χ1v) is 4.82. The minimum Gasteiger partial charge on any atom is -0.310 e. The van der Waals surface area contributed by atoms with Crippen LogP contribution < -0.4 is 5.32 Å². The molecule has 9 heavy (non-hydrogen) atoms. The predicted octanol–water partition coefficient (Wildman–Crippen LogP) is 1.49. The molecule has 1 aliphatic rings. The molecule has 2 unspecified atom stereocenters. The summed E-state index contributed by atoms with van der Waals surface area (Å²) in [6.45, 7) is 4.51. The maximum atomic E-state index is 3.55. The van der Waals surface area contributed by atoms with Crippen LogP contribution in [0.5, 0.6) is 0 Å². The molecule has 0 spiro atoms. The van der Waals surface area contributed by atoms with Crippen LogP contribution in [0.15, 0.2) is 0 Å². The standard InChI is InChI=1S/C7H15NS/c1-3-7-5-9-4-6(2)8-7/h6-8H,3-5H2,1-2H3. The zero-order valence-electron chi connectivity index (χ0n) is 6.18. The topological polar surface area (TPSA) is 12.0 Å². The largest absolute Gasteiger partial charge is 0.310 e. The molecule has 0 saturated carbocycles. The Balaban J connectivity index is 2.23. The fourth-order valence-corrected chi connectivity index (χ4v) is 2.32. The Morgan fingerprint density at radius 3 is 2.78 bits per heavy atom. The summed E-state index contributed by atoms with van der Waals surface area (Å²) in [5, 5.41) is 3.55. The van der Waals surface area contributed by atoms with Crippen molar-refractivity contribution in [2.24, 2.45) is 0 Å². The molecule has 1 saturated heterocycles. The van der Waals surface area contributed by atoms with Gasteiger partial charge in [0.25, 0.3) is 0 Å². The van der Waals surface area contributed by atoms with E-state index in [-0.39, 0.29) is 0 Å². The molecule has 0 aromatic heterocycles. The molecule has 2 heteroatoms. The highest BCUT2D eigenvalue weighted by Crippen LogP contribution is 2.13. The molecule has 0 aromatic carbocycles. The van der Waals surface area contributed by atoms with Crippen molar-refractivity contribution in [2.75, 3.05) is 11.5 Å². The second kappa shape index (κ2) is 3.47. The van der Waals surface area contributed by atoms with Gasteiger partial charge >= 0.3 is 0 Å². The first-order valence-electron chi connectivity index (χ1n) is 3.66. The van der Waals surface area contributed by atoms with E-state index in [4.69, 9.17) is 0 Å². The summed E-state index contributed by atoms with van der Waals surface area (Å²) in [4.78, 5) is 0. The van der Waals surface area contributed by atoms with Gasteiger partial charge in [0.05, 0.1) is 0 Å². The second-order valence-corrected chi connectivity index (χ2v) is 3.79. The van der Waals surface area contributed by atoms with Gasteiger partial charge < -0.3 is 5.32 Å². The smallest absolute Gasteiger partial charge is 0.0158 e. The zero-order chi connectivity index (χ0) is 6.69. The van der Waals surface area contributed by atoms with E-state index in [0.29, 0.717) is 0 Å². The van der Waals surface area contributed by atoms with Crippen LogP contribution in [-0.2, 0) is 0 Å². The Morgan fingerprint density at radius 1 is 1.56 bits per heavy atom. The van der Waals surface area contributed by atoms with E-state index in [1.807, 2.05) is 0 Å². The quantitative estimate of drug-likeness (QED) is 0.600. The fraction of sp³-hybridized carbons (Fsp3) is 1.00. The van der Waals surface area contributed by atoms with Crippen LogP contribution in [0.25, 0.3) is 0 Å². The van der Waals surface area contributed by atoms with Gasteiger partial charge in [-0.1, -0.05) is 6.92 Å². The van der Waals surface area contributed by atoms with Crippen molar-refractivity contribution in [3.63, 3.8) is 0 Å². The second-order valence-electron chi connectivity index (χ2n) is 2.71. The van der Waals surface area contributed by atoms with E-state index in [1.54, 1.807) is 0 Å². The van der Waals surface area contributed by atoms with Crippen LogP contribution in [0.2, 0.25) is 0 Å². The van der Waals surface area contributed by atoms with E-state index in [9.17, 15) is 0 Å². The Kier molecular flexibility index (Phi) is 2.86. The zero-order valence-corrected chi connectivity index (χ0v) is 7.00. The highest BCUT2D eigenvalue weighted by Gasteiger charge is 2.15. The van der Waals surface area contributed by atoms with Crippen LogP contribution in [-0.4, -0.2) is 23.6 Å². The summed E-state index contributed by atoms with van der Waals surface area (Å²) >= 11 is 2.07. The number of thioether (sulfide) groups is 1. The lowest BCUT2D eigenvalue weighted by Gasteiger charge is -2.27. The Morgan fingerprint density at radius 2 is 2.33 bits per heavy atom. The third-order valence-electron chi connectivity index (χ3n) is 1.70. The lowest BCUT2D eigenvalue weighted by Crippen LogP contribution is -2.43. The SMILES string of the molecule is CCC1CSCC(C)N1. The minimum atomic E-state index is 0.730. The maximum Gasteiger partial charge on any atom is 0.0158 e. The Hall–Kier alpha value is 0.310. The van der Waals surface area contributed by atoms with Crippen molar-refractivity contribution >= 4 is 11.8 Å². The van der Waals surface area contributed by atoms with E-state index in [2.05, 4.69) is 30.9 Å². The molecule has 1 heterocycles. The monoisotopic (exact) mass is 145 g/mol. The average molecular weight is 145 g/mol. The van der Waals surface area contributed by atoms with Gasteiger partial charge in [0.1, 0.15) is 0 Å². The first-order chi connectivity index (χ1) is 4.33. The van der Waals surface area contributed by atoms with Gasteiger partial charge in [0, 0.05) is 23.6 Å². The van der Waals surface area contributed by atoms with Crippen molar-refractivity contribution in [2.45, 2.75) is 32.4 Å². The average Bonchev–Trinajstić information content (AvgIpc) is 1.88. The summed E-state index contributed by atoms with van der Waals surface area (Å²) in [5.41, 5.74) is 0. The number of rotatable bonds is 1. The molecule has 1 aliphatic heterocycles. The first kappa shape index (κ1) is 7.42. The molecule has 0 aliphatic carbocycles. The van der Waals surface area contributed by atoms with E-state index in [1.165, 1.54) is 17.9 Å². The Labute approximate surface area is 61.6 Å². The molecule has 1 rings (SSSR count). The number of hydrogen-bond acceptors (Lipinski definition) is 2. The summed E-state index contributed by atoms with van der Waals surface area (Å²) < 4.78 is 0. The van der Waals surface area contributed by atoms with Crippen molar-refractivity contribution in [1.29, 1.82) is 0 Å². The summed E-state index contributed by atoms with van der Waals surface area (Å²) in [6, 6.07) is 1.51. The molecule has 1 nitrogen and oxygen atoms in total. The van der Waals surface area contributed by atoms with Crippen LogP contribution in [0, 0.1) is 0 Å². The normalized spacial score (nSPS) is 36.7. The molecule has 0 aromatic rings. The summed E-state index contributed by atoms with van der Waals surface area (Å²) in [5.74, 6) is 2.59. The van der Waals surface area contributed by atoms with Crippen molar-refractivity contribution < 1.29 is 0 Å². The van der Waals surface area contributed by atoms with Crippen molar-refractivity contribution in [1.82, 2.24) is 5.32 Å². The highest BCUT2D eigenvalue weighted by atomic mass is 32.2. The predicted molar refractivity (Wildman–Crippen MR) is 44.0 cm³/mol. The van der Waals surface area contributed by atoms with Gasteiger partial charge in [0.2, 0.25) is 0 Å². The van der Waals surface area contributed by atoms with Gasteiger partial charge in [-0.15, -0.1) is 0 Å². The fourth-order valence-electron chi connectivity index (χ4n) is 1.12. The van der Waals surface area contributed by atoms with Gasteiger partial charge in [-0.2, -0.15) is 11.8 Å². The maximum absolute atomic E-state index is 3.55. The third kappa shape index (κ3) is 2.18. The Bertz CT molecular complexity index is 85.0. The van der Waals surface area contributed by atoms with Crippen LogP contribution in [0.4, 0.5) is 0 Å². The summed E-state index contributed by atoms with van der Waals surface area (Å²) in [7, 11) is 0. The van der Waals surface area contributed by atoms with Gasteiger partial charge in [-0.3, -0.25) is 0 Å². The molecule has 1 N–H and O–H groups in total. The molecule has 0 bridgehead atoms. The molecule has 54 valence electrons. The molecule has 0 amide bonds. The number of hydrogen-bond donors (Lipinski definition) is 1. The van der Waals surface area contributed by atoms with Crippen LogP contribution in [0.1, 0.15) is 20.3 Å². The molecular formula is C7H15NS. The molecule has 2 atom stereocenters. The van der Waals surface area contributed by atoms with E-state index >= 15 is 0 Å². The van der Waals surface area contributed by atoms with Gasteiger partial charge in [0.15, 0.2) is 0 Å². The van der Waals surface area contributed by atoms with Gasteiger partial charge in [-0.05, 0) is 13.3 Å². The lowest BCUT2D eigenvalue weighted by molar-refractivity contribution is 0.476. The molecular weight excluding hydrogens is 130 g/mol. The minimum absolute atomic E-state index is 0.730. The van der Waals surface area contributed by atoms with Crippen molar-refractivity contribution in [3.05, 3.63) is 0 Å².